The summed E-state index contributed by atoms with van der Waals surface area (Å²) in [6.45, 7) is 9.17. The Morgan fingerprint density at radius 3 is 2.70 bits per heavy atom. The van der Waals surface area contributed by atoms with Crippen LogP contribution in [0, 0.1) is 19.8 Å². The maximum Gasteiger partial charge on any atom is 0.0661 e. The summed E-state index contributed by atoms with van der Waals surface area (Å²) in [5, 5.41) is 3.55. The third-order valence-electron chi connectivity index (χ3n) is 4.43. The fraction of sp³-hybridized carbons (Fsp3) is 0.667. The van der Waals surface area contributed by atoms with E-state index < -0.39 is 0 Å². The van der Waals surface area contributed by atoms with E-state index in [1.807, 2.05) is 0 Å². The average Bonchev–Trinajstić information content (AvgIpc) is 2.35. The molecule has 2 heteroatoms. The molecule has 1 aliphatic carbocycles. The number of likely N-dealkylation sites (N-methyl/N-ethyl adjacent to an activating group) is 1. The summed E-state index contributed by atoms with van der Waals surface area (Å²) in [5.74, 6) is 0.939. The molecule has 1 atom stereocenters. The van der Waals surface area contributed by atoms with Gasteiger partial charge < -0.3 is 10.1 Å². The lowest BCUT2D eigenvalue weighted by Crippen LogP contribution is -2.26. The minimum Gasteiger partial charge on any atom is -0.379 e. The van der Waals surface area contributed by atoms with Crippen LogP contribution in [-0.2, 0) is 4.74 Å². The predicted octanol–water partition coefficient (Wildman–Crippen LogP) is 4.16. The zero-order chi connectivity index (χ0) is 14.4. The molecular weight excluding hydrogens is 246 g/mol. The number of aryl methyl sites for hydroxylation is 2. The van der Waals surface area contributed by atoms with E-state index in [0.29, 0.717) is 6.04 Å². The highest BCUT2D eigenvalue weighted by Crippen LogP contribution is 2.29. The number of nitrogens with one attached hydrogen (secondary N) is 1. The quantitative estimate of drug-likeness (QED) is 0.719. The first kappa shape index (κ1) is 15.5. The molecule has 0 amide bonds. The molecule has 0 heterocycles. The first-order chi connectivity index (χ1) is 9.70. The summed E-state index contributed by atoms with van der Waals surface area (Å²) in [5.41, 5.74) is 4.06. The van der Waals surface area contributed by atoms with Gasteiger partial charge in [-0.25, -0.2) is 0 Å². The van der Waals surface area contributed by atoms with Crippen molar-refractivity contribution in [3.8, 4) is 0 Å². The van der Waals surface area contributed by atoms with E-state index in [-0.39, 0.29) is 0 Å². The molecule has 112 valence electrons. The molecule has 1 saturated carbocycles. The van der Waals surface area contributed by atoms with Crippen molar-refractivity contribution in [2.75, 3.05) is 19.8 Å². The Labute approximate surface area is 123 Å². The normalized spacial score (nSPS) is 16.9. The Balaban J connectivity index is 1.85. The number of rotatable bonds is 8. The van der Waals surface area contributed by atoms with Crippen molar-refractivity contribution in [3.05, 3.63) is 34.9 Å². The molecule has 1 aliphatic rings. The van der Waals surface area contributed by atoms with Crippen LogP contribution in [0.2, 0.25) is 0 Å². The van der Waals surface area contributed by atoms with Crippen LogP contribution in [0.4, 0.5) is 0 Å². The lowest BCUT2D eigenvalue weighted by atomic mass is 9.83. The maximum atomic E-state index is 5.93. The molecule has 0 aromatic heterocycles. The average molecular weight is 275 g/mol. The third-order valence-corrected chi connectivity index (χ3v) is 4.43. The van der Waals surface area contributed by atoms with Crippen LogP contribution >= 0.6 is 0 Å². The van der Waals surface area contributed by atoms with Crippen molar-refractivity contribution in [3.63, 3.8) is 0 Å². The molecule has 0 aliphatic heterocycles. The first-order valence-electron chi connectivity index (χ1n) is 8.09. The molecule has 0 radical (unpaired) electrons. The van der Waals surface area contributed by atoms with Gasteiger partial charge in [-0.2, -0.15) is 0 Å². The minimum atomic E-state index is 0.321. The smallest absolute Gasteiger partial charge is 0.0661 e. The molecule has 20 heavy (non-hydrogen) atoms. The second kappa shape index (κ2) is 7.80. The zero-order valence-electron chi connectivity index (χ0n) is 13.2. The van der Waals surface area contributed by atoms with Gasteiger partial charge in [0.25, 0.3) is 0 Å². The van der Waals surface area contributed by atoms with Crippen LogP contribution in [0.1, 0.15) is 55.3 Å². The monoisotopic (exact) mass is 275 g/mol. The van der Waals surface area contributed by atoms with E-state index in [2.05, 4.69) is 44.3 Å². The summed E-state index contributed by atoms with van der Waals surface area (Å²) in [6.07, 6.45) is 5.49. The maximum absolute atomic E-state index is 5.93. The van der Waals surface area contributed by atoms with Gasteiger partial charge in [0.1, 0.15) is 0 Å². The van der Waals surface area contributed by atoms with Crippen molar-refractivity contribution in [1.29, 1.82) is 0 Å². The van der Waals surface area contributed by atoms with E-state index in [1.165, 1.54) is 42.4 Å². The largest absolute Gasteiger partial charge is 0.379 e. The lowest BCUT2D eigenvalue weighted by Gasteiger charge is -2.26. The van der Waals surface area contributed by atoms with Crippen LogP contribution in [0.3, 0.4) is 0 Å². The molecule has 1 aromatic carbocycles. The van der Waals surface area contributed by atoms with E-state index in [9.17, 15) is 0 Å². The summed E-state index contributed by atoms with van der Waals surface area (Å²) in [7, 11) is 0. The van der Waals surface area contributed by atoms with Crippen LogP contribution in [-0.4, -0.2) is 19.8 Å². The minimum absolute atomic E-state index is 0.321. The Kier molecular flexibility index (Phi) is 6.06. The highest BCUT2D eigenvalue weighted by molar-refractivity contribution is 5.32. The predicted molar refractivity (Wildman–Crippen MR) is 85.1 cm³/mol. The summed E-state index contributed by atoms with van der Waals surface area (Å²) in [6, 6.07) is 7.02. The topological polar surface area (TPSA) is 21.3 Å². The Morgan fingerprint density at radius 2 is 2.10 bits per heavy atom. The molecule has 2 rings (SSSR count). The van der Waals surface area contributed by atoms with Gasteiger partial charge in [0.05, 0.1) is 12.6 Å². The molecule has 0 saturated heterocycles. The summed E-state index contributed by atoms with van der Waals surface area (Å²) < 4.78 is 5.93. The van der Waals surface area contributed by atoms with Crippen LogP contribution in [0.5, 0.6) is 0 Å². The van der Waals surface area contributed by atoms with Gasteiger partial charge in [-0.05, 0) is 43.9 Å². The molecular formula is C18H29NO. The highest BCUT2D eigenvalue weighted by Gasteiger charge is 2.17. The van der Waals surface area contributed by atoms with Crippen LogP contribution in [0.25, 0.3) is 0 Å². The van der Waals surface area contributed by atoms with Gasteiger partial charge in [0.2, 0.25) is 0 Å². The fourth-order valence-electron chi connectivity index (χ4n) is 2.95. The second-order valence-corrected chi connectivity index (χ2v) is 6.13. The summed E-state index contributed by atoms with van der Waals surface area (Å²) >= 11 is 0. The fourth-order valence-corrected chi connectivity index (χ4v) is 2.95. The van der Waals surface area contributed by atoms with Crippen molar-refractivity contribution >= 4 is 0 Å². The SMILES string of the molecule is CCNC(COCCC1CCC1)c1ccc(C)cc1C. The molecule has 1 N–H and O–H groups in total. The third kappa shape index (κ3) is 4.32. The van der Waals surface area contributed by atoms with Gasteiger partial charge in [-0.1, -0.05) is 49.9 Å². The lowest BCUT2D eigenvalue weighted by molar-refractivity contribution is 0.0890. The highest BCUT2D eigenvalue weighted by atomic mass is 16.5. The van der Waals surface area contributed by atoms with Crippen molar-refractivity contribution in [1.82, 2.24) is 5.32 Å². The standard InChI is InChI=1S/C18H29NO/c1-4-19-18(13-20-11-10-16-6-5-7-16)17-9-8-14(2)12-15(17)3/h8-9,12,16,18-19H,4-7,10-11,13H2,1-3H3. The van der Waals surface area contributed by atoms with E-state index >= 15 is 0 Å². The van der Waals surface area contributed by atoms with Crippen molar-refractivity contribution in [2.24, 2.45) is 5.92 Å². The number of hydrogen-bond donors (Lipinski definition) is 1. The van der Waals surface area contributed by atoms with E-state index in [0.717, 1.165) is 25.7 Å². The van der Waals surface area contributed by atoms with E-state index in [1.54, 1.807) is 0 Å². The molecule has 1 aromatic rings. The molecule has 2 nitrogen and oxygen atoms in total. The Bertz CT molecular complexity index is 412. The van der Waals surface area contributed by atoms with Crippen LogP contribution < -0.4 is 5.32 Å². The van der Waals surface area contributed by atoms with Gasteiger partial charge in [-0.3, -0.25) is 0 Å². The Hall–Kier alpha value is -0.860. The molecule has 1 unspecified atom stereocenters. The van der Waals surface area contributed by atoms with Gasteiger partial charge >= 0.3 is 0 Å². The molecule has 0 bridgehead atoms. The number of benzene rings is 1. The Morgan fingerprint density at radius 1 is 1.30 bits per heavy atom. The van der Waals surface area contributed by atoms with Gasteiger partial charge in [0, 0.05) is 6.61 Å². The first-order valence-corrected chi connectivity index (χ1v) is 8.09. The van der Waals surface area contributed by atoms with Gasteiger partial charge in [-0.15, -0.1) is 0 Å². The van der Waals surface area contributed by atoms with Crippen molar-refractivity contribution in [2.45, 2.75) is 52.5 Å². The van der Waals surface area contributed by atoms with Crippen LogP contribution in [0.15, 0.2) is 18.2 Å². The van der Waals surface area contributed by atoms with E-state index in [4.69, 9.17) is 4.74 Å². The number of ether oxygens (including phenoxy) is 1. The zero-order valence-corrected chi connectivity index (χ0v) is 13.2. The number of hydrogen-bond acceptors (Lipinski definition) is 2. The molecule has 1 fully saturated rings. The van der Waals surface area contributed by atoms with Crippen molar-refractivity contribution < 1.29 is 4.74 Å². The molecule has 0 spiro atoms. The summed E-state index contributed by atoms with van der Waals surface area (Å²) in [4.78, 5) is 0. The second-order valence-electron chi connectivity index (χ2n) is 6.13. The van der Waals surface area contributed by atoms with Gasteiger partial charge in [0.15, 0.2) is 0 Å².